The van der Waals surface area contributed by atoms with Gasteiger partial charge >= 0.3 is 0 Å². The molecule has 1 amide bonds. The predicted molar refractivity (Wildman–Crippen MR) is 131 cm³/mol. The SMILES string of the molecule is COc1cccc(CN(C)C(=O)c2cn(-c3ccccc3)nc2-c2ccc(OC)cc2OC)c1. The van der Waals surface area contributed by atoms with Crippen molar-refractivity contribution in [2.45, 2.75) is 6.54 Å². The molecule has 0 radical (unpaired) electrons. The Morgan fingerprint density at radius 3 is 2.32 bits per heavy atom. The topological polar surface area (TPSA) is 65.8 Å². The third-order valence-corrected chi connectivity index (χ3v) is 5.53. The van der Waals surface area contributed by atoms with E-state index >= 15 is 0 Å². The highest BCUT2D eigenvalue weighted by atomic mass is 16.5. The lowest BCUT2D eigenvalue weighted by Crippen LogP contribution is -2.26. The number of ether oxygens (including phenoxy) is 3. The molecular weight excluding hydrogens is 430 g/mol. The van der Waals surface area contributed by atoms with Crippen LogP contribution < -0.4 is 14.2 Å². The number of para-hydroxylation sites is 1. The molecule has 7 nitrogen and oxygen atoms in total. The molecule has 0 aliphatic carbocycles. The average Bonchev–Trinajstić information content (AvgIpc) is 3.33. The number of hydrogen-bond donors (Lipinski definition) is 0. The highest BCUT2D eigenvalue weighted by Crippen LogP contribution is 2.35. The number of rotatable bonds is 8. The molecule has 0 atom stereocenters. The highest BCUT2D eigenvalue weighted by Gasteiger charge is 2.24. The van der Waals surface area contributed by atoms with Crippen LogP contribution in [0.4, 0.5) is 0 Å². The second-order valence-corrected chi connectivity index (χ2v) is 7.75. The predicted octanol–water partition coefficient (Wildman–Crippen LogP) is 4.84. The van der Waals surface area contributed by atoms with Crippen molar-refractivity contribution in [1.29, 1.82) is 0 Å². The molecule has 0 bridgehead atoms. The number of nitrogens with zero attached hydrogens (tertiary/aromatic N) is 3. The first-order valence-corrected chi connectivity index (χ1v) is 10.8. The Kier molecular flexibility index (Phi) is 6.82. The number of carbonyl (C=O) groups excluding carboxylic acids is 1. The van der Waals surface area contributed by atoms with Gasteiger partial charge < -0.3 is 19.1 Å². The van der Waals surface area contributed by atoms with Crippen molar-refractivity contribution < 1.29 is 19.0 Å². The zero-order valence-electron chi connectivity index (χ0n) is 19.7. The largest absolute Gasteiger partial charge is 0.497 e. The monoisotopic (exact) mass is 457 g/mol. The molecule has 0 aliphatic rings. The van der Waals surface area contributed by atoms with Crippen LogP contribution >= 0.6 is 0 Å². The Morgan fingerprint density at radius 2 is 1.62 bits per heavy atom. The summed E-state index contributed by atoms with van der Waals surface area (Å²) < 4.78 is 18.0. The van der Waals surface area contributed by atoms with Crippen LogP contribution in [0.25, 0.3) is 16.9 Å². The zero-order valence-corrected chi connectivity index (χ0v) is 19.7. The molecule has 3 aromatic carbocycles. The molecule has 1 heterocycles. The number of carbonyl (C=O) groups is 1. The van der Waals surface area contributed by atoms with Crippen molar-refractivity contribution >= 4 is 5.91 Å². The fraction of sp³-hybridized carbons (Fsp3) is 0.185. The normalized spacial score (nSPS) is 10.6. The molecule has 0 aliphatic heterocycles. The van der Waals surface area contributed by atoms with Crippen LogP contribution in [0, 0.1) is 0 Å². The lowest BCUT2D eigenvalue weighted by Gasteiger charge is -2.18. The van der Waals surface area contributed by atoms with Crippen molar-refractivity contribution in [2.75, 3.05) is 28.4 Å². The Balaban J connectivity index is 1.76. The number of amides is 1. The highest BCUT2D eigenvalue weighted by molar-refractivity contribution is 6.00. The molecule has 174 valence electrons. The van der Waals surface area contributed by atoms with Crippen LogP contribution in [-0.4, -0.2) is 49.0 Å². The van der Waals surface area contributed by atoms with E-state index in [4.69, 9.17) is 19.3 Å². The van der Waals surface area contributed by atoms with Gasteiger partial charge in [0.15, 0.2) is 0 Å². The van der Waals surface area contributed by atoms with Crippen LogP contribution in [0.2, 0.25) is 0 Å². The minimum Gasteiger partial charge on any atom is -0.497 e. The fourth-order valence-electron chi connectivity index (χ4n) is 3.76. The smallest absolute Gasteiger partial charge is 0.257 e. The summed E-state index contributed by atoms with van der Waals surface area (Å²) in [5.41, 5.74) is 3.53. The summed E-state index contributed by atoms with van der Waals surface area (Å²) in [7, 11) is 6.58. The van der Waals surface area contributed by atoms with E-state index in [1.807, 2.05) is 66.7 Å². The minimum atomic E-state index is -0.155. The summed E-state index contributed by atoms with van der Waals surface area (Å²) in [6.07, 6.45) is 1.76. The number of aromatic nitrogens is 2. The maximum Gasteiger partial charge on any atom is 0.257 e. The summed E-state index contributed by atoms with van der Waals surface area (Å²) in [5.74, 6) is 1.82. The van der Waals surface area contributed by atoms with E-state index < -0.39 is 0 Å². The number of benzene rings is 3. The lowest BCUT2D eigenvalue weighted by molar-refractivity contribution is 0.0785. The first kappa shape index (κ1) is 22.9. The summed E-state index contributed by atoms with van der Waals surface area (Å²) in [4.78, 5) is 15.3. The van der Waals surface area contributed by atoms with E-state index in [-0.39, 0.29) is 5.91 Å². The van der Waals surface area contributed by atoms with Gasteiger partial charge in [0, 0.05) is 31.4 Å². The van der Waals surface area contributed by atoms with Gasteiger partial charge in [-0.15, -0.1) is 0 Å². The first-order valence-electron chi connectivity index (χ1n) is 10.8. The molecule has 4 rings (SSSR count). The van der Waals surface area contributed by atoms with Gasteiger partial charge in [0.25, 0.3) is 5.91 Å². The van der Waals surface area contributed by atoms with E-state index in [0.29, 0.717) is 34.9 Å². The minimum absolute atomic E-state index is 0.155. The molecule has 0 fully saturated rings. The zero-order chi connectivity index (χ0) is 24.1. The quantitative estimate of drug-likeness (QED) is 0.379. The van der Waals surface area contributed by atoms with Crippen molar-refractivity contribution in [2.24, 2.45) is 0 Å². The standard InChI is InChI=1S/C27H27N3O4/c1-29(17-19-9-8-12-21(15-19)32-2)27(31)24-18-30(20-10-6-5-7-11-20)28-26(24)23-14-13-22(33-3)16-25(23)34-4/h5-16,18H,17H2,1-4H3. The molecule has 34 heavy (non-hydrogen) atoms. The van der Waals surface area contributed by atoms with Gasteiger partial charge in [0.05, 0.1) is 32.6 Å². The Hall–Kier alpha value is -4.26. The molecule has 0 saturated carbocycles. The van der Waals surface area contributed by atoms with Crippen LogP contribution in [0.5, 0.6) is 17.2 Å². The second kappa shape index (κ2) is 10.1. The molecule has 0 unspecified atom stereocenters. The molecular formula is C27H27N3O4. The molecule has 7 heteroatoms. The lowest BCUT2D eigenvalue weighted by atomic mass is 10.1. The van der Waals surface area contributed by atoms with Crippen LogP contribution in [0.3, 0.4) is 0 Å². The fourth-order valence-corrected chi connectivity index (χ4v) is 3.76. The molecule has 0 spiro atoms. The van der Waals surface area contributed by atoms with Crippen LogP contribution in [-0.2, 0) is 6.54 Å². The van der Waals surface area contributed by atoms with Crippen LogP contribution in [0.1, 0.15) is 15.9 Å². The molecule has 0 N–H and O–H groups in total. The molecule has 1 aromatic heterocycles. The molecule has 4 aromatic rings. The second-order valence-electron chi connectivity index (χ2n) is 7.75. The number of hydrogen-bond acceptors (Lipinski definition) is 5. The Morgan fingerprint density at radius 1 is 0.882 bits per heavy atom. The number of methoxy groups -OCH3 is 3. The summed E-state index contributed by atoms with van der Waals surface area (Å²) in [5, 5.41) is 4.78. The van der Waals surface area contributed by atoms with Gasteiger partial charge in [-0.25, -0.2) is 4.68 Å². The van der Waals surface area contributed by atoms with Gasteiger partial charge in [0.2, 0.25) is 0 Å². The average molecular weight is 458 g/mol. The van der Waals surface area contributed by atoms with Crippen LogP contribution in [0.15, 0.2) is 79.0 Å². The van der Waals surface area contributed by atoms with E-state index in [0.717, 1.165) is 17.0 Å². The maximum atomic E-state index is 13.6. The molecule has 0 saturated heterocycles. The third kappa shape index (κ3) is 4.73. The van der Waals surface area contributed by atoms with E-state index in [2.05, 4.69) is 0 Å². The Bertz CT molecular complexity index is 1280. The van der Waals surface area contributed by atoms with Crippen molar-refractivity contribution in [3.8, 4) is 34.2 Å². The van der Waals surface area contributed by atoms with Gasteiger partial charge in [-0.3, -0.25) is 4.79 Å². The summed E-state index contributed by atoms with van der Waals surface area (Å²) in [6.45, 7) is 0.422. The van der Waals surface area contributed by atoms with Gasteiger partial charge in [-0.1, -0.05) is 30.3 Å². The third-order valence-electron chi connectivity index (χ3n) is 5.53. The van der Waals surface area contributed by atoms with Gasteiger partial charge in [0.1, 0.15) is 22.9 Å². The van der Waals surface area contributed by atoms with Gasteiger partial charge in [-0.05, 0) is 42.0 Å². The van der Waals surface area contributed by atoms with E-state index in [1.54, 1.807) is 50.2 Å². The first-order chi connectivity index (χ1) is 16.5. The maximum absolute atomic E-state index is 13.6. The summed E-state index contributed by atoms with van der Waals surface area (Å²) in [6, 6.07) is 22.8. The van der Waals surface area contributed by atoms with Gasteiger partial charge in [-0.2, -0.15) is 5.10 Å². The Labute approximate surface area is 199 Å². The summed E-state index contributed by atoms with van der Waals surface area (Å²) >= 11 is 0. The van der Waals surface area contributed by atoms with Crippen molar-refractivity contribution in [1.82, 2.24) is 14.7 Å². The van der Waals surface area contributed by atoms with Crippen molar-refractivity contribution in [3.05, 3.63) is 90.1 Å². The van der Waals surface area contributed by atoms with E-state index in [9.17, 15) is 4.79 Å². The van der Waals surface area contributed by atoms with E-state index in [1.165, 1.54) is 0 Å². The van der Waals surface area contributed by atoms with Crippen molar-refractivity contribution in [3.63, 3.8) is 0 Å².